The number of anilines is 1. The van der Waals surface area contributed by atoms with Crippen molar-refractivity contribution in [3.05, 3.63) is 65.3 Å². The Kier molecular flexibility index (Phi) is 4.10. The van der Waals surface area contributed by atoms with Gasteiger partial charge in [0.15, 0.2) is 5.78 Å². The molecule has 1 aromatic rings. The highest BCUT2D eigenvalue weighted by atomic mass is 16.5. The number of esters is 1. The Morgan fingerprint density at radius 2 is 2.11 bits per heavy atom. The molecule has 0 radical (unpaired) electrons. The molecule has 1 aromatic carbocycles. The van der Waals surface area contributed by atoms with Gasteiger partial charge in [-0.1, -0.05) is 24.3 Å². The summed E-state index contributed by atoms with van der Waals surface area (Å²) in [6.45, 7) is 3.95. The minimum atomic E-state index is -1.66. The summed E-state index contributed by atoms with van der Waals surface area (Å²) in [7, 11) is 1.20. The first kappa shape index (κ1) is 18.0. The Hall–Kier alpha value is -3.35. The second-order valence-corrected chi connectivity index (χ2v) is 6.88. The maximum absolute atomic E-state index is 13.8. The Labute approximate surface area is 162 Å². The summed E-state index contributed by atoms with van der Waals surface area (Å²) in [6.07, 6.45) is 2.93. The summed E-state index contributed by atoms with van der Waals surface area (Å²) in [5, 5.41) is 0. The molecule has 2 aliphatic heterocycles. The molecule has 2 N–H and O–H groups in total. The van der Waals surface area contributed by atoms with Crippen molar-refractivity contribution in [3.63, 3.8) is 0 Å². The Balaban J connectivity index is 2.12. The average Bonchev–Trinajstić information content (AvgIpc) is 2.91. The van der Waals surface area contributed by atoms with Gasteiger partial charge in [-0.25, -0.2) is 4.79 Å². The van der Waals surface area contributed by atoms with E-state index in [9.17, 15) is 14.4 Å². The van der Waals surface area contributed by atoms with Crippen molar-refractivity contribution in [3.8, 4) is 0 Å². The second-order valence-electron chi connectivity index (χ2n) is 6.88. The number of nitrogens with zero attached hydrogens (tertiary/aromatic N) is 1. The summed E-state index contributed by atoms with van der Waals surface area (Å²) < 4.78 is 10.6. The van der Waals surface area contributed by atoms with Gasteiger partial charge in [-0.05, 0) is 12.5 Å². The lowest BCUT2D eigenvalue weighted by Gasteiger charge is -2.38. The van der Waals surface area contributed by atoms with Crippen LogP contribution >= 0.6 is 0 Å². The van der Waals surface area contributed by atoms with E-state index in [0.717, 1.165) is 0 Å². The molecule has 1 atom stereocenters. The summed E-state index contributed by atoms with van der Waals surface area (Å²) in [5.74, 6) is -1.30. The number of allylic oxidation sites excluding steroid dienone is 1. The molecule has 4 rings (SSSR count). The van der Waals surface area contributed by atoms with Gasteiger partial charge >= 0.3 is 5.97 Å². The van der Waals surface area contributed by atoms with Crippen LogP contribution < -0.4 is 10.6 Å². The number of benzene rings is 1. The van der Waals surface area contributed by atoms with Crippen molar-refractivity contribution in [1.29, 1.82) is 0 Å². The lowest BCUT2D eigenvalue weighted by molar-refractivity contribution is -0.139. The maximum atomic E-state index is 13.8. The van der Waals surface area contributed by atoms with E-state index in [-0.39, 0.29) is 35.8 Å². The van der Waals surface area contributed by atoms with Crippen molar-refractivity contribution in [1.82, 2.24) is 0 Å². The predicted octanol–water partition coefficient (Wildman–Crippen LogP) is 1.84. The zero-order chi connectivity index (χ0) is 20.1. The Morgan fingerprint density at radius 3 is 2.82 bits per heavy atom. The average molecular weight is 380 g/mol. The van der Waals surface area contributed by atoms with E-state index >= 15 is 0 Å². The normalized spacial score (nSPS) is 23.5. The molecular formula is C21H20N2O5. The van der Waals surface area contributed by atoms with Gasteiger partial charge in [-0.3, -0.25) is 9.59 Å². The SMILES string of the molecule is C=CCN1C(=O)C2(C(C(=O)OC)=C(N)OC3=C2C(=O)CCC3)c2ccccc21. The van der Waals surface area contributed by atoms with E-state index in [0.29, 0.717) is 29.9 Å². The summed E-state index contributed by atoms with van der Waals surface area (Å²) in [6, 6.07) is 7.08. The van der Waals surface area contributed by atoms with Crippen LogP contribution in [0.2, 0.25) is 0 Å². The molecule has 0 saturated heterocycles. The number of ketones is 1. The maximum Gasteiger partial charge on any atom is 0.340 e. The second kappa shape index (κ2) is 6.37. The van der Waals surface area contributed by atoms with Gasteiger partial charge in [-0.2, -0.15) is 0 Å². The molecule has 0 aromatic heterocycles. The number of rotatable bonds is 3. The number of Topliss-reactive ketones (excluding diaryl/α,β-unsaturated/α-hetero) is 1. The third-order valence-electron chi connectivity index (χ3n) is 5.46. The van der Waals surface area contributed by atoms with Gasteiger partial charge in [-0.15, -0.1) is 6.58 Å². The minimum absolute atomic E-state index is 0.145. The fourth-order valence-electron chi connectivity index (χ4n) is 4.43. The topological polar surface area (TPSA) is 98.9 Å². The number of para-hydroxylation sites is 1. The van der Waals surface area contributed by atoms with Crippen molar-refractivity contribution < 1.29 is 23.9 Å². The van der Waals surface area contributed by atoms with E-state index in [1.54, 1.807) is 30.3 Å². The van der Waals surface area contributed by atoms with Crippen LogP contribution in [0.25, 0.3) is 0 Å². The monoisotopic (exact) mass is 380 g/mol. The number of nitrogens with two attached hydrogens (primary N) is 1. The molecule has 0 saturated carbocycles. The fourth-order valence-corrected chi connectivity index (χ4v) is 4.43. The largest absolute Gasteiger partial charge is 0.465 e. The van der Waals surface area contributed by atoms with Gasteiger partial charge in [0.05, 0.1) is 12.7 Å². The van der Waals surface area contributed by atoms with Crippen molar-refractivity contribution in [2.45, 2.75) is 24.7 Å². The third kappa shape index (κ3) is 2.13. The molecule has 2 heterocycles. The number of fused-ring (bicyclic) bond motifs is 3. The minimum Gasteiger partial charge on any atom is -0.465 e. The zero-order valence-electron chi connectivity index (χ0n) is 15.5. The molecule has 0 bridgehead atoms. The van der Waals surface area contributed by atoms with Crippen molar-refractivity contribution in [2.24, 2.45) is 5.73 Å². The molecule has 1 aliphatic carbocycles. The van der Waals surface area contributed by atoms with E-state index in [2.05, 4.69) is 6.58 Å². The Morgan fingerprint density at radius 1 is 1.36 bits per heavy atom. The van der Waals surface area contributed by atoms with Gasteiger partial charge in [0.25, 0.3) is 0 Å². The first-order valence-corrected chi connectivity index (χ1v) is 9.04. The highest BCUT2D eigenvalue weighted by Crippen LogP contribution is 2.55. The first-order valence-electron chi connectivity index (χ1n) is 9.04. The van der Waals surface area contributed by atoms with E-state index in [4.69, 9.17) is 15.2 Å². The zero-order valence-corrected chi connectivity index (χ0v) is 15.5. The molecule has 1 spiro atoms. The number of ether oxygens (including phenoxy) is 2. The number of carbonyl (C=O) groups excluding carboxylic acids is 3. The molecule has 3 aliphatic rings. The van der Waals surface area contributed by atoms with Gasteiger partial charge < -0.3 is 20.1 Å². The molecule has 28 heavy (non-hydrogen) atoms. The van der Waals surface area contributed by atoms with Crippen molar-refractivity contribution in [2.75, 3.05) is 18.6 Å². The molecule has 0 fully saturated rings. The number of hydrogen-bond acceptors (Lipinski definition) is 6. The predicted molar refractivity (Wildman–Crippen MR) is 101 cm³/mol. The van der Waals surface area contributed by atoms with Gasteiger partial charge in [0, 0.05) is 30.6 Å². The third-order valence-corrected chi connectivity index (χ3v) is 5.46. The smallest absolute Gasteiger partial charge is 0.340 e. The van der Waals surface area contributed by atoms with Crippen LogP contribution in [0.15, 0.2) is 59.7 Å². The molecule has 7 nitrogen and oxygen atoms in total. The van der Waals surface area contributed by atoms with Crippen LogP contribution in [-0.2, 0) is 29.3 Å². The quantitative estimate of drug-likeness (QED) is 0.635. The van der Waals surface area contributed by atoms with Crippen LogP contribution in [0.5, 0.6) is 0 Å². The summed E-state index contributed by atoms with van der Waals surface area (Å²) in [4.78, 5) is 41.2. The van der Waals surface area contributed by atoms with E-state index < -0.39 is 17.3 Å². The number of methoxy groups -OCH3 is 1. The molecule has 144 valence electrons. The van der Waals surface area contributed by atoms with Crippen LogP contribution in [0, 0.1) is 0 Å². The standard InChI is InChI=1S/C21H20N2O5/c1-3-11-23-13-8-5-4-7-12(13)21(20(23)26)16-14(24)9-6-10-15(16)28-18(22)17(21)19(25)27-2/h3-5,7-8H,1,6,9-11,22H2,2H3. The highest BCUT2D eigenvalue weighted by Gasteiger charge is 2.63. The number of hydrogen-bond donors (Lipinski definition) is 1. The van der Waals surface area contributed by atoms with Gasteiger partial charge in [0.1, 0.15) is 16.7 Å². The highest BCUT2D eigenvalue weighted by molar-refractivity contribution is 6.23. The lowest BCUT2D eigenvalue weighted by atomic mass is 9.64. The lowest BCUT2D eigenvalue weighted by Crippen LogP contribution is -2.51. The fraction of sp³-hybridized carbons (Fsp3) is 0.286. The Bertz CT molecular complexity index is 990. The van der Waals surface area contributed by atoms with Crippen LogP contribution in [-0.4, -0.2) is 31.3 Å². The van der Waals surface area contributed by atoms with Gasteiger partial charge in [0.2, 0.25) is 11.8 Å². The summed E-state index contributed by atoms with van der Waals surface area (Å²) in [5.41, 5.74) is 5.63. The number of amides is 1. The first-order chi connectivity index (χ1) is 13.5. The summed E-state index contributed by atoms with van der Waals surface area (Å²) >= 11 is 0. The number of carbonyl (C=O) groups is 3. The van der Waals surface area contributed by atoms with Crippen LogP contribution in [0.3, 0.4) is 0 Å². The van der Waals surface area contributed by atoms with E-state index in [1.165, 1.54) is 12.0 Å². The molecule has 7 heteroatoms. The van der Waals surface area contributed by atoms with E-state index in [1.807, 2.05) is 0 Å². The van der Waals surface area contributed by atoms with Crippen molar-refractivity contribution >= 4 is 23.3 Å². The molecule has 1 amide bonds. The molecular weight excluding hydrogens is 360 g/mol. The molecule has 1 unspecified atom stereocenters. The van der Waals surface area contributed by atoms with Crippen LogP contribution in [0.4, 0.5) is 5.69 Å². The van der Waals surface area contributed by atoms with Crippen LogP contribution in [0.1, 0.15) is 24.8 Å².